The number of carboxylic acid groups (broad SMARTS) is 1. The number of aliphatic carboxylic acids is 1. The molecule has 0 saturated carbocycles. The van der Waals surface area contributed by atoms with Gasteiger partial charge in [-0.25, -0.2) is 8.42 Å². The number of hydrogen-bond acceptors (Lipinski definition) is 4. The molecule has 0 amide bonds. The van der Waals surface area contributed by atoms with Crippen LogP contribution in [0.5, 0.6) is 0 Å². The topological polar surface area (TPSA) is 74.7 Å². The van der Waals surface area contributed by atoms with Crippen LogP contribution in [0.25, 0.3) is 0 Å². The Morgan fingerprint density at radius 2 is 2.05 bits per heavy atom. The number of hydrogen-bond donors (Lipinski definition) is 1. The van der Waals surface area contributed by atoms with Gasteiger partial charge in [-0.1, -0.05) is 0 Å². The Balaban J connectivity index is 3.17. The van der Waals surface area contributed by atoms with Crippen LogP contribution >= 0.6 is 27.3 Å². The minimum atomic E-state index is -4.83. The van der Waals surface area contributed by atoms with Crippen molar-refractivity contribution in [2.45, 2.75) is 10.4 Å². The Kier molecular flexibility index (Phi) is 4.98. The Morgan fingerprint density at radius 1 is 1.47 bits per heavy atom. The first-order valence-corrected chi connectivity index (χ1v) is 7.67. The largest absolute Gasteiger partial charge is 0.480 e. The van der Waals surface area contributed by atoms with Crippen LogP contribution in [-0.4, -0.2) is 43.1 Å². The van der Waals surface area contributed by atoms with Gasteiger partial charge in [0.15, 0.2) is 0 Å². The molecule has 0 aromatic carbocycles. The van der Waals surface area contributed by atoms with Gasteiger partial charge in [0.2, 0.25) is 0 Å². The number of nitrogens with zero attached hydrogens (tertiary/aromatic N) is 1. The van der Waals surface area contributed by atoms with Crippen molar-refractivity contribution in [1.29, 1.82) is 0 Å². The van der Waals surface area contributed by atoms with Crippen molar-refractivity contribution in [3.8, 4) is 0 Å². The summed E-state index contributed by atoms with van der Waals surface area (Å²) in [5.74, 6) is -1.67. The molecule has 1 rings (SSSR count). The molecule has 0 saturated heterocycles. The highest BCUT2D eigenvalue weighted by molar-refractivity contribution is 9.10. The van der Waals surface area contributed by atoms with Crippen LogP contribution in [0.4, 0.5) is 13.2 Å². The fraction of sp³-hybridized carbons (Fsp3) is 0.375. The summed E-state index contributed by atoms with van der Waals surface area (Å²) < 4.78 is 60.5. The van der Waals surface area contributed by atoms with Crippen LogP contribution in [0, 0.1) is 0 Å². The molecule has 19 heavy (non-hydrogen) atoms. The Bertz CT molecular complexity index is 569. The SMILES string of the molecule is O=C(O)CN(CC(F)(F)F)S(=O)(=O)c1sccc1Br. The van der Waals surface area contributed by atoms with Gasteiger partial charge < -0.3 is 5.11 Å². The standard InChI is InChI=1S/C8H7BrF3NO4S2/c9-5-1-2-18-7(5)19(16,17)13(3-6(14)15)4-8(10,11)12/h1-2H,3-4H2,(H,14,15). The third-order valence-corrected chi connectivity index (χ3v) is 6.26. The summed E-state index contributed by atoms with van der Waals surface area (Å²) in [5, 5.41) is 9.89. The summed E-state index contributed by atoms with van der Waals surface area (Å²) in [6.45, 7) is -3.11. The molecule has 1 heterocycles. The second-order valence-corrected chi connectivity index (χ2v) is 7.24. The molecule has 0 aliphatic carbocycles. The van der Waals surface area contributed by atoms with Crippen molar-refractivity contribution >= 4 is 43.3 Å². The summed E-state index contributed by atoms with van der Waals surface area (Å²) >= 11 is 3.59. The van der Waals surface area contributed by atoms with Gasteiger partial charge in [0, 0.05) is 4.47 Å². The zero-order chi connectivity index (χ0) is 14.8. The molecule has 0 radical (unpaired) electrons. The lowest BCUT2D eigenvalue weighted by Gasteiger charge is -2.21. The third kappa shape index (κ3) is 4.44. The lowest BCUT2D eigenvalue weighted by atomic mass is 10.5. The molecule has 1 aromatic heterocycles. The molecule has 5 nitrogen and oxygen atoms in total. The molecule has 0 atom stereocenters. The van der Waals surface area contributed by atoms with Gasteiger partial charge in [-0.05, 0) is 27.4 Å². The monoisotopic (exact) mass is 381 g/mol. The first kappa shape index (κ1) is 16.4. The summed E-state index contributed by atoms with van der Waals surface area (Å²) in [5.41, 5.74) is 0. The Labute approximate surface area is 118 Å². The van der Waals surface area contributed by atoms with E-state index in [1.165, 1.54) is 11.4 Å². The van der Waals surface area contributed by atoms with Crippen molar-refractivity contribution in [3.05, 3.63) is 15.9 Å². The number of halogens is 4. The number of carbonyl (C=O) groups is 1. The average molecular weight is 382 g/mol. The molecule has 0 fully saturated rings. The molecule has 0 bridgehead atoms. The minimum absolute atomic E-state index is 0.0927. The predicted molar refractivity (Wildman–Crippen MR) is 64.5 cm³/mol. The van der Waals surface area contributed by atoms with Gasteiger partial charge in [0.1, 0.15) is 17.3 Å². The molecule has 0 spiro atoms. The Morgan fingerprint density at radius 3 is 2.42 bits per heavy atom. The van der Waals surface area contributed by atoms with E-state index in [-0.39, 0.29) is 13.0 Å². The first-order valence-electron chi connectivity index (χ1n) is 4.56. The van der Waals surface area contributed by atoms with E-state index >= 15 is 0 Å². The van der Waals surface area contributed by atoms with Gasteiger partial charge in [0.25, 0.3) is 10.0 Å². The van der Waals surface area contributed by atoms with E-state index in [1.54, 1.807) is 0 Å². The van der Waals surface area contributed by atoms with Gasteiger partial charge in [-0.3, -0.25) is 4.79 Å². The second-order valence-electron chi connectivity index (χ2n) is 3.34. The van der Waals surface area contributed by atoms with E-state index in [9.17, 15) is 26.4 Å². The van der Waals surface area contributed by atoms with Crippen LogP contribution in [0.15, 0.2) is 20.1 Å². The lowest BCUT2D eigenvalue weighted by Crippen LogP contribution is -2.41. The number of sulfonamides is 1. The summed E-state index contributed by atoms with van der Waals surface area (Å²) in [4.78, 5) is 10.5. The maximum atomic E-state index is 12.3. The van der Waals surface area contributed by atoms with E-state index in [1.807, 2.05) is 0 Å². The molecule has 108 valence electrons. The molecular formula is C8H7BrF3NO4S2. The van der Waals surface area contributed by atoms with Crippen molar-refractivity contribution < 1.29 is 31.5 Å². The number of rotatable bonds is 5. The zero-order valence-corrected chi connectivity index (χ0v) is 12.2. The Hall–Kier alpha value is -0.650. The first-order chi connectivity index (χ1) is 8.54. The maximum absolute atomic E-state index is 12.3. The van der Waals surface area contributed by atoms with Crippen LogP contribution in [0.3, 0.4) is 0 Å². The molecule has 1 N–H and O–H groups in total. The molecule has 0 unspecified atom stereocenters. The quantitative estimate of drug-likeness (QED) is 0.847. The highest BCUT2D eigenvalue weighted by Crippen LogP contribution is 2.31. The van der Waals surface area contributed by atoms with Gasteiger partial charge >= 0.3 is 12.1 Å². The lowest BCUT2D eigenvalue weighted by molar-refractivity contribution is -0.146. The van der Waals surface area contributed by atoms with Crippen molar-refractivity contribution in [1.82, 2.24) is 4.31 Å². The van der Waals surface area contributed by atoms with Crippen LogP contribution < -0.4 is 0 Å². The zero-order valence-electron chi connectivity index (χ0n) is 9.02. The number of alkyl halides is 3. The van der Waals surface area contributed by atoms with E-state index in [0.717, 1.165) is 0 Å². The highest BCUT2D eigenvalue weighted by Gasteiger charge is 2.39. The molecule has 0 aliphatic rings. The van der Waals surface area contributed by atoms with E-state index in [0.29, 0.717) is 11.3 Å². The summed E-state index contributed by atoms with van der Waals surface area (Å²) in [6.07, 6.45) is -4.83. The summed E-state index contributed by atoms with van der Waals surface area (Å²) in [6, 6.07) is 1.35. The van der Waals surface area contributed by atoms with Crippen LogP contribution in [-0.2, 0) is 14.8 Å². The smallest absolute Gasteiger partial charge is 0.402 e. The van der Waals surface area contributed by atoms with Crippen LogP contribution in [0.2, 0.25) is 0 Å². The van der Waals surface area contributed by atoms with Gasteiger partial charge in [-0.15, -0.1) is 11.3 Å². The van der Waals surface area contributed by atoms with Crippen molar-refractivity contribution in [2.24, 2.45) is 0 Å². The second kappa shape index (κ2) is 5.77. The normalized spacial score (nSPS) is 12.9. The van der Waals surface area contributed by atoms with Gasteiger partial charge in [-0.2, -0.15) is 17.5 Å². The maximum Gasteiger partial charge on any atom is 0.402 e. The molecular weight excluding hydrogens is 375 g/mol. The average Bonchev–Trinajstić information content (AvgIpc) is 2.61. The van der Waals surface area contributed by atoms with E-state index in [2.05, 4.69) is 15.9 Å². The predicted octanol–water partition coefficient (Wildman–Crippen LogP) is 2.15. The number of thiophene rings is 1. The van der Waals surface area contributed by atoms with Crippen molar-refractivity contribution in [3.63, 3.8) is 0 Å². The molecule has 11 heteroatoms. The van der Waals surface area contributed by atoms with Gasteiger partial charge in [0.05, 0.1) is 0 Å². The van der Waals surface area contributed by atoms with Crippen molar-refractivity contribution in [2.75, 3.05) is 13.1 Å². The van der Waals surface area contributed by atoms with E-state index < -0.39 is 35.3 Å². The fourth-order valence-electron chi connectivity index (χ4n) is 1.16. The third-order valence-electron chi connectivity index (χ3n) is 1.83. The molecule has 1 aromatic rings. The highest BCUT2D eigenvalue weighted by atomic mass is 79.9. The van der Waals surface area contributed by atoms with E-state index in [4.69, 9.17) is 5.11 Å². The van der Waals surface area contributed by atoms with Crippen LogP contribution in [0.1, 0.15) is 0 Å². The molecule has 0 aliphatic heterocycles. The minimum Gasteiger partial charge on any atom is -0.480 e. The summed E-state index contributed by atoms with van der Waals surface area (Å²) in [7, 11) is -4.51. The fourth-order valence-corrected chi connectivity index (χ4v) is 4.98. The number of carboxylic acids is 1.